The zero-order valence-corrected chi connectivity index (χ0v) is 20.8. The largest absolute Gasteiger partial charge is 0.380 e. The summed E-state index contributed by atoms with van der Waals surface area (Å²) >= 11 is 13.5. The van der Waals surface area contributed by atoms with Crippen LogP contribution in [0.3, 0.4) is 0 Å². The average molecular weight is 506 g/mol. The van der Waals surface area contributed by atoms with E-state index in [9.17, 15) is 9.90 Å². The lowest BCUT2D eigenvalue weighted by molar-refractivity contribution is -0.132. The third kappa shape index (κ3) is 4.29. The minimum Gasteiger partial charge on any atom is -0.380 e. The molecule has 0 bridgehead atoms. The maximum Gasteiger partial charge on any atom is 0.219 e. The van der Waals surface area contributed by atoms with E-state index in [0.29, 0.717) is 50.9 Å². The monoisotopic (exact) mass is 505 g/mol. The Kier molecular flexibility index (Phi) is 6.49. The maximum absolute atomic E-state index is 12.4. The molecular weight excluding hydrogens is 481 g/mol. The lowest BCUT2D eigenvalue weighted by Gasteiger charge is -2.42. The van der Waals surface area contributed by atoms with Crippen LogP contribution in [0, 0.1) is 5.92 Å². The zero-order valence-electron chi connectivity index (χ0n) is 19.3. The molecule has 2 aromatic heterocycles. The second kappa shape index (κ2) is 9.57. The van der Waals surface area contributed by atoms with E-state index in [4.69, 9.17) is 23.2 Å². The van der Waals surface area contributed by atoms with E-state index in [-0.39, 0.29) is 11.8 Å². The van der Waals surface area contributed by atoms with Crippen molar-refractivity contribution in [3.63, 3.8) is 0 Å². The van der Waals surface area contributed by atoms with E-state index in [1.165, 1.54) is 0 Å². The molecule has 1 fully saturated rings. The summed E-state index contributed by atoms with van der Waals surface area (Å²) in [6.45, 7) is 2.73. The number of carbonyl (C=O) groups is 1. The van der Waals surface area contributed by atoms with Gasteiger partial charge in [-0.2, -0.15) is 0 Å². The summed E-state index contributed by atoms with van der Waals surface area (Å²) in [4.78, 5) is 22.8. The van der Waals surface area contributed by atoms with Crippen LogP contribution in [0.1, 0.15) is 30.9 Å². The zero-order chi connectivity index (χ0) is 24.6. The number of rotatable bonds is 4. The molecule has 1 aliphatic rings. The van der Waals surface area contributed by atoms with Crippen LogP contribution in [-0.4, -0.2) is 39.0 Å². The van der Waals surface area contributed by atoms with Crippen LogP contribution >= 0.6 is 23.2 Å². The van der Waals surface area contributed by atoms with Crippen molar-refractivity contribution in [3.05, 3.63) is 94.4 Å². The number of piperidine rings is 1. The van der Waals surface area contributed by atoms with Gasteiger partial charge in [-0.15, -0.1) is 0 Å². The van der Waals surface area contributed by atoms with Crippen LogP contribution in [0.5, 0.6) is 0 Å². The molecular formula is C28H25Cl2N3O2. The van der Waals surface area contributed by atoms with Crippen LogP contribution < -0.4 is 0 Å². The number of aromatic nitrogens is 2. The van der Waals surface area contributed by atoms with Gasteiger partial charge in [0.15, 0.2) is 0 Å². The molecule has 178 valence electrons. The topological polar surface area (TPSA) is 66.3 Å². The van der Waals surface area contributed by atoms with Crippen molar-refractivity contribution in [1.82, 2.24) is 14.9 Å². The molecule has 1 amide bonds. The number of hydrogen-bond donors (Lipinski definition) is 1. The second-order valence-corrected chi connectivity index (χ2v) is 9.74. The predicted octanol–water partition coefficient (Wildman–Crippen LogP) is 6.10. The molecule has 1 saturated heterocycles. The van der Waals surface area contributed by atoms with Crippen LogP contribution in [0.2, 0.25) is 10.2 Å². The number of halogens is 2. The molecule has 2 unspecified atom stereocenters. The lowest BCUT2D eigenvalue weighted by atomic mass is 9.73. The summed E-state index contributed by atoms with van der Waals surface area (Å²) < 4.78 is 0. The molecule has 1 N–H and O–H groups in total. The third-order valence-corrected chi connectivity index (χ3v) is 7.61. The number of benzene rings is 2. The fourth-order valence-corrected chi connectivity index (χ4v) is 5.81. The summed E-state index contributed by atoms with van der Waals surface area (Å²) in [5.41, 5.74) is 2.16. The normalized spacial score (nSPS) is 17.8. The standard InChI is InChI=1S/C28H25Cl2N3O2/c1-18(34)33-14-6-10-22(17-33)28(35,21-9-5-13-31-16-21)20-11-12-24-23(15-20)26(29)25(27(30)32-24)19-7-3-2-4-8-19/h2-5,7-9,11-13,15-16,22,35H,6,10,14,17H2,1H3. The SMILES string of the molecule is CC(=O)N1CCCC(C(O)(c2cccnc2)c2ccc3nc(Cl)c(-c4ccccc4)c(Cl)c3c2)C1. The van der Waals surface area contributed by atoms with E-state index < -0.39 is 5.60 Å². The number of pyridine rings is 2. The fraction of sp³-hybridized carbons (Fsp3) is 0.250. The van der Waals surface area contributed by atoms with E-state index in [0.717, 1.165) is 18.4 Å². The Balaban J connectivity index is 1.69. The van der Waals surface area contributed by atoms with Gasteiger partial charge in [0.05, 0.1) is 10.5 Å². The summed E-state index contributed by atoms with van der Waals surface area (Å²) in [6, 6.07) is 18.9. The number of amides is 1. The smallest absolute Gasteiger partial charge is 0.219 e. The Morgan fingerprint density at radius 1 is 1.09 bits per heavy atom. The van der Waals surface area contributed by atoms with Crippen LogP contribution in [0.25, 0.3) is 22.0 Å². The summed E-state index contributed by atoms with van der Waals surface area (Å²) in [5, 5.41) is 13.9. The maximum atomic E-state index is 12.4. The lowest BCUT2D eigenvalue weighted by Crippen LogP contribution is -2.48. The number of hydrogen-bond acceptors (Lipinski definition) is 4. The van der Waals surface area contributed by atoms with E-state index in [1.54, 1.807) is 24.2 Å². The summed E-state index contributed by atoms with van der Waals surface area (Å²) in [6.07, 6.45) is 4.96. The first-order chi connectivity index (χ1) is 16.9. The van der Waals surface area contributed by atoms with Crippen molar-refractivity contribution in [2.75, 3.05) is 13.1 Å². The van der Waals surface area contributed by atoms with Gasteiger partial charge in [-0.25, -0.2) is 4.98 Å². The van der Waals surface area contributed by atoms with Gasteiger partial charge in [-0.1, -0.05) is 65.7 Å². The molecule has 2 atom stereocenters. The number of aliphatic hydroxyl groups is 1. The quantitative estimate of drug-likeness (QED) is 0.340. The summed E-state index contributed by atoms with van der Waals surface area (Å²) in [5.74, 6) is -0.203. The number of fused-ring (bicyclic) bond motifs is 1. The van der Waals surface area contributed by atoms with Crippen LogP contribution in [0.15, 0.2) is 73.1 Å². The van der Waals surface area contributed by atoms with Crippen molar-refractivity contribution in [2.45, 2.75) is 25.4 Å². The third-order valence-electron chi connectivity index (χ3n) is 6.94. The van der Waals surface area contributed by atoms with Crippen molar-refractivity contribution >= 4 is 40.0 Å². The van der Waals surface area contributed by atoms with Gasteiger partial charge < -0.3 is 10.0 Å². The van der Waals surface area contributed by atoms with Gasteiger partial charge in [-0.3, -0.25) is 9.78 Å². The number of likely N-dealkylation sites (tertiary alicyclic amines) is 1. The van der Waals surface area contributed by atoms with E-state index in [1.807, 2.05) is 60.7 Å². The molecule has 7 heteroatoms. The fourth-order valence-electron chi connectivity index (χ4n) is 5.11. The minimum atomic E-state index is -1.37. The molecule has 0 spiro atoms. The molecule has 3 heterocycles. The highest BCUT2D eigenvalue weighted by Crippen LogP contribution is 2.44. The van der Waals surface area contributed by atoms with Gasteiger partial charge in [0.2, 0.25) is 5.91 Å². The molecule has 0 saturated carbocycles. The van der Waals surface area contributed by atoms with Gasteiger partial charge in [0, 0.05) is 54.8 Å². The Labute approximate surface area is 214 Å². The molecule has 0 radical (unpaired) electrons. The Morgan fingerprint density at radius 2 is 1.89 bits per heavy atom. The highest BCUT2D eigenvalue weighted by molar-refractivity contribution is 6.42. The van der Waals surface area contributed by atoms with Crippen molar-refractivity contribution in [1.29, 1.82) is 0 Å². The average Bonchev–Trinajstić information content (AvgIpc) is 2.89. The van der Waals surface area contributed by atoms with Crippen molar-refractivity contribution in [2.24, 2.45) is 5.92 Å². The first kappa shape index (κ1) is 23.7. The molecule has 0 aliphatic carbocycles. The van der Waals surface area contributed by atoms with Gasteiger partial charge in [-0.05, 0) is 42.2 Å². The highest BCUT2D eigenvalue weighted by Gasteiger charge is 2.43. The Bertz CT molecular complexity index is 1380. The summed E-state index contributed by atoms with van der Waals surface area (Å²) in [7, 11) is 0. The number of carbonyl (C=O) groups excluding carboxylic acids is 1. The van der Waals surface area contributed by atoms with Crippen LogP contribution in [-0.2, 0) is 10.4 Å². The van der Waals surface area contributed by atoms with Gasteiger partial charge >= 0.3 is 0 Å². The molecule has 4 aromatic rings. The molecule has 35 heavy (non-hydrogen) atoms. The first-order valence-corrected chi connectivity index (χ1v) is 12.4. The van der Waals surface area contributed by atoms with E-state index >= 15 is 0 Å². The van der Waals surface area contributed by atoms with Crippen molar-refractivity contribution in [3.8, 4) is 11.1 Å². The molecule has 5 rings (SSSR count). The first-order valence-electron chi connectivity index (χ1n) is 11.6. The second-order valence-electron chi connectivity index (χ2n) is 9.00. The molecule has 1 aliphatic heterocycles. The van der Waals surface area contributed by atoms with E-state index in [2.05, 4.69) is 9.97 Å². The van der Waals surface area contributed by atoms with Crippen LogP contribution in [0.4, 0.5) is 0 Å². The van der Waals surface area contributed by atoms with Gasteiger partial charge in [0.25, 0.3) is 0 Å². The number of nitrogens with zero attached hydrogens (tertiary/aromatic N) is 3. The molecule has 2 aromatic carbocycles. The minimum absolute atomic E-state index is 0.0103. The van der Waals surface area contributed by atoms with Crippen molar-refractivity contribution < 1.29 is 9.90 Å². The highest BCUT2D eigenvalue weighted by atomic mass is 35.5. The molecule has 5 nitrogen and oxygen atoms in total. The Hall–Kier alpha value is -2.99. The van der Waals surface area contributed by atoms with Gasteiger partial charge in [0.1, 0.15) is 10.8 Å². The predicted molar refractivity (Wildman–Crippen MR) is 139 cm³/mol. The Morgan fingerprint density at radius 3 is 2.60 bits per heavy atom.